The van der Waals surface area contributed by atoms with E-state index in [0.717, 1.165) is 17.8 Å². The second-order valence-corrected chi connectivity index (χ2v) is 9.87. The highest BCUT2D eigenvalue weighted by molar-refractivity contribution is 7.15. The molecule has 1 saturated carbocycles. The van der Waals surface area contributed by atoms with Crippen molar-refractivity contribution in [2.45, 2.75) is 31.8 Å². The van der Waals surface area contributed by atoms with Crippen molar-refractivity contribution in [3.05, 3.63) is 82.9 Å². The Labute approximate surface area is 200 Å². The molecule has 3 atom stereocenters. The summed E-state index contributed by atoms with van der Waals surface area (Å²) < 4.78 is 16.3. The number of hydrogen-bond acceptors (Lipinski definition) is 4. The zero-order chi connectivity index (χ0) is 23.4. The molecule has 1 N–H and O–H groups in total. The van der Waals surface area contributed by atoms with Gasteiger partial charge in [-0.2, -0.15) is 0 Å². The number of benzene rings is 2. The van der Waals surface area contributed by atoms with Crippen LogP contribution in [0.4, 0.5) is 4.39 Å². The van der Waals surface area contributed by atoms with E-state index in [4.69, 9.17) is 0 Å². The Morgan fingerprint density at radius 3 is 2.71 bits per heavy atom. The Morgan fingerprint density at radius 1 is 1.12 bits per heavy atom. The molecular formula is C26H23FN4O2S. The lowest BCUT2D eigenvalue weighted by molar-refractivity contribution is 0.0689. The number of nitrogens with zero attached hydrogens (tertiary/aromatic N) is 3. The summed E-state index contributed by atoms with van der Waals surface area (Å²) in [6.07, 6.45) is 3.68. The number of nitrogens with one attached hydrogen (secondary N) is 1. The second-order valence-electron chi connectivity index (χ2n) is 9.00. The van der Waals surface area contributed by atoms with E-state index in [-0.39, 0.29) is 29.7 Å². The van der Waals surface area contributed by atoms with Crippen molar-refractivity contribution in [2.75, 3.05) is 6.54 Å². The first-order valence-corrected chi connectivity index (χ1v) is 12.3. The molecule has 2 unspecified atom stereocenters. The van der Waals surface area contributed by atoms with Crippen LogP contribution in [0.3, 0.4) is 0 Å². The monoisotopic (exact) mass is 474 g/mol. The molecule has 3 heterocycles. The molecule has 0 spiro atoms. The number of piperidine rings is 1. The maximum atomic E-state index is 14.5. The Balaban J connectivity index is 1.25. The molecule has 6 nitrogen and oxygen atoms in total. The number of aromatic nitrogens is 2. The maximum Gasteiger partial charge on any atom is 0.270 e. The van der Waals surface area contributed by atoms with Gasteiger partial charge in [-0.15, -0.1) is 11.3 Å². The molecule has 4 aromatic rings. The number of imidazole rings is 1. The smallest absolute Gasteiger partial charge is 0.270 e. The van der Waals surface area contributed by atoms with Crippen molar-refractivity contribution >= 4 is 28.1 Å². The summed E-state index contributed by atoms with van der Waals surface area (Å²) in [5, 5.41) is 4.93. The fraction of sp³-hybridized carbons (Fsp3) is 0.269. The number of carbonyl (C=O) groups is 2. The van der Waals surface area contributed by atoms with Gasteiger partial charge in [-0.3, -0.25) is 14.0 Å². The summed E-state index contributed by atoms with van der Waals surface area (Å²) in [6, 6.07) is 13.8. The number of rotatable bonds is 5. The molecule has 1 aliphatic carbocycles. The molecule has 34 heavy (non-hydrogen) atoms. The number of fused-ring (bicyclic) bond motifs is 2. The Morgan fingerprint density at radius 2 is 1.88 bits per heavy atom. The van der Waals surface area contributed by atoms with Gasteiger partial charge >= 0.3 is 0 Å². The first-order chi connectivity index (χ1) is 16.5. The van der Waals surface area contributed by atoms with E-state index in [1.165, 1.54) is 17.4 Å². The summed E-state index contributed by atoms with van der Waals surface area (Å²) in [7, 11) is 0. The first-order valence-electron chi connectivity index (χ1n) is 11.4. The number of halogens is 1. The summed E-state index contributed by atoms with van der Waals surface area (Å²) in [6.45, 7) is 2.20. The van der Waals surface area contributed by atoms with Crippen LogP contribution in [0.25, 0.3) is 16.1 Å². The van der Waals surface area contributed by atoms with Gasteiger partial charge in [0.2, 0.25) is 0 Å². The second kappa shape index (κ2) is 8.06. The van der Waals surface area contributed by atoms with Crippen LogP contribution in [0.15, 0.2) is 60.1 Å². The number of carbonyl (C=O) groups excluding carboxylic acids is 2. The minimum absolute atomic E-state index is 0.0972. The highest BCUT2D eigenvalue weighted by Gasteiger charge is 2.54. The van der Waals surface area contributed by atoms with E-state index in [9.17, 15) is 14.0 Å². The fourth-order valence-electron chi connectivity index (χ4n) is 5.24. The van der Waals surface area contributed by atoms with Crippen LogP contribution >= 0.6 is 11.3 Å². The third kappa shape index (κ3) is 3.40. The van der Waals surface area contributed by atoms with Crippen molar-refractivity contribution < 1.29 is 14.0 Å². The molecule has 2 amide bonds. The molecular weight excluding hydrogens is 451 g/mol. The van der Waals surface area contributed by atoms with Crippen LogP contribution in [0, 0.1) is 18.7 Å². The van der Waals surface area contributed by atoms with Gasteiger partial charge in [0.1, 0.15) is 11.5 Å². The van der Waals surface area contributed by atoms with Crippen LogP contribution in [-0.4, -0.2) is 44.7 Å². The van der Waals surface area contributed by atoms with Crippen LogP contribution in [0.5, 0.6) is 0 Å². The average Bonchev–Trinajstić information content (AvgIpc) is 3.14. The maximum absolute atomic E-state index is 14.5. The van der Waals surface area contributed by atoms with Crippen molar-refractivity contribution in [1.29, 1.82) is 0 Å². The van der Waals surface area contributed by atoms with E-state index in [0.29, 0.717) is 40.5 Å². The van der Waals surface area contributed by atoms with Gasteiger partial charge in [0.05, 0.1) is 11.7 Å². The summed E-state index contributed by atoms with van der Waals surface area (Å²) in [5.74, 6) is -0.188. The largest absolute Gasteiger partial charge is 0.349 e. The molecule has 172 valence electrons. The molecule has 2 aromatic heterocycles. The third-order valence-electron chi connectivity index (χ3n) is 6.92. The van der Waals surface area contributed by atoms with E-state index < -0.39 is 0 Å². The molecule has 0 radical (unpaired) electrons. The van der Waals surface area contributed by atoms with Gasteiger partial charge in [0, 0.05) is 35.3 Å². The zero-order valence-corrected chi connectivity index (χ0v) is 19.4. The van der Waals surface area contributed by atoms with Gasteiger partial charge in [-0.1, -0.05) is 36.4 Å². The summed E-state index contributed by atoms with van der Waals surface area (Å²) >= 11 is 1.48. The highest BCUT2D eigenvalue weighted by Crippen LogP contribution is 2.48. The van der Waals surface area contributed by atoms with Crippen molar-refractivity contribution in [2.24, 2.45) is 5.92 Å². The predicted octanol–water partition coefficient (Wildman–Crippen LogP) is 4.54. The van der Waals surface area contributed by atoms with Crippen LogP contribution in [0.1, 0.15) is 39.4 Å². The molecule has 6 rings (SSSR count). The van der Waals surface area contributed by atoms with Crippen LogP contribution < -0.4 is 5.32 Å². The average molecular weight is 475 g/mol. The quantitative estimate of drug-likeness (QED) is 0.462. The predicted molar refractivity (Wildman–Crippen MR) is 128 cm³/mol. The Kier molecular flexibility index (Phi) is 4.99. The van der Waals surface area contributed by atoms with E-state index in [2.05, 4.69) is 10.3 Å². The minimum atomic E-state index is -0.354. The van der Waals surface area contributed by atoms with E-state index in [1.54, 1.807) is 34.7 Å². The van der Waals surface area contributed by atoms with Gasteiger partial charge in [-0.05, 0) is 43.4 Å². The van der Waals surface area contributed by atoms with E-state index >= 15 is 0 Å². The standard InChI is InChI=1S/C26H23FN4O2S/c1-15-23(30-10-11-34-26(30)29-15)24(32)28-14-17-12-16-13-22(16)31(17)25(33)20-8-3-2-6-18(20)19-7-4-5-9-21(19)27/h2-11,16-17,22H,12-14H2,1H3,(H,28,32)/t16?,17-,22?/m0/s1. The molecule has 8 heteroatoms. The fourth-order valence-corrected chi connectivity index (χ4v) is 6.00. The van der Waals surface area contributed by atoms with Crippen LogP contribution in [-0.2, 0) is 0 Å². The topological polar surface area (TPSA) is 66.7 Å². The number of amides is 2. The first kappa shape index (κ1) is 21.0. The van der Waals surface area contributed by atoms with Crippen molar-refractivity contribution in [1.82, 2.24) is 19.6 Å². The number of thiazole rings is 1. The SMILES string of the molecule is Cc1nc2sccn2c1C(=O)NC[C@@H]1CC2CC2N1C(=O)c1ccccc1-c1ccccc1F. The molecule has 1 aliphatic heterocycles. The van der Waals surface area contributed by atoms with Crippen molar-refractivity contribution in [3.63, 3.8) is 0 Å². The van der Waals surface area contributed by atoms with Crippen molar-refractivity contribution in [3.8, 4) is 11.1 Å². The van der Waals surface area contributed by atoms with Gasteiger partial charge in [-0.25, -0.2) is 9.37 Å². The number of aryl methyl sites for hydroxylation is 1. The van der Waals surface area contributed by atoms with Gasteiger partial charge in [0.15, 0.2) is 4.96 Å². The number of hydrogen-bond donors (Lipinski definition) is 1. The van der Waals surface area contributed by atoms with Gasteiger partial charge < -0.3 is 10.2 Å². The Bertz CT molecular complexity index is 1430. The molecule has 1 saturated heterocycles. The lowest BCUT2D eigenvalue weighted by Crippen LogP contribution is -2.45. The highest BCUT2D eigenvalue weighted by atomic mass is 32.1. The normalized spacial score (nSPS) is 21.0. The lowest BCUT2D eigenvalue weighted by atomic mass is 9.98. The van der Waals surface area contributed by atoms with Gasteiger partial charge in [0.25, 0.3) is 11.8 Å². The summed E-state index contributed by atoms with van der Waals surface area (Å²) in [5.41, 5.74) is 2.71. The molecule has 0 bridgehead atoms. The minimum Gasteiger partial charge on any atom is -0.349 e. The number of likely N-dealkylation sites (tertiary alicyclic amines) is 1. The van der Waals surface area contributed by atoms with Crippen LogP contribution in [0.2, 0.25) is 0 Å². The summed E-state index contributed by atoms with van der Waals surface area (Å²) in [4.78, 5) is 33.9. The van der Waals surface area contributed by atoms with E-state index in [1.807, 2.05) is 35.5 Å². The molecule has 2 aromatic carbocycles. The third-order valence-corrected chi connectivity index (χ3v) is 7.67. The molecule has 2 fully saturated rings. The zero-order valence-electron chi connectivity index (χ0n) is 18.6. The Hall–Kier alpha value is -3.52. The lowest BCUT2D eigenvalue weighted by Gasteiger charge is -2.29. The molecule has 2 aliphatic rings.